The van der Waals surface area contributed by atoms with Gasteiger partial charge in [0.1, 0.15) is 0 Å². The third-order valence-corrected chi connectivity index (χ3v) is 1.96. The van der Waals surface area contributed by atoms with Gasteiger partial charge in [-0.1, -0.05) is 25.7 Å². The summed E-state index contributed by atoms with van der Waals surface area (Å²) in [5.74, 6) is -0.579. The van der Waals surface area contributed by atoms with E-state index in [1.807, 2.05) is 0 Å². The molecule has 0 unspecified atom stereocenters. The molecule has 0 aromatic heterocycles. The van der Waals surface area contributed by atoms with Gasteiger partial charge in [-0.15, -0.1) is 0 Å². The van der Waals surface area contributed by atoms with Gasteiger partial charge in [0.2, 0.25) is 0 Å². The average molecular weight is 205 g/mol. The molecule has 0 aliphatic carbocycles. The van der Waals surface area contributed by atoms with Gasteiger partial charge in [0.15, 0.2) is 0 Å². The maximum absolute atomic E-state index is 10.5. The van der Waals surface area contributed by atoms with Crippen LogP contribution in [0.25, 0.3) is 0 Å². The molecule has 0 bridgehead atoms. The molecule has 0 aromatic rings. The summed E-state index contributed by atoms with van der Waals surface area (Å²) < 4.78 is 0. The minimum Gasteiger partial charge on any atom is -0.301 e. The van der Waals surface area contributed by atoms with E-state index in [9.17, 15) is 10.1 Å². The molecule has 0 aromatic carbocycles. The Hall–Kier alpha value is -0.650. The van der Waals surface area contributed by atoms with E-state index >= 15 is 0 Å². The first kappa shape index (κ1) is 13.4. The summed E-state index contributed by atoms with van der Waals surface area (Å²) in [7, 11) is 0. The summed E-state index contributed by atoms with van der Waals surface area (Å²) in [5, 5.41) is 17.5. The third kappa shape index (κ3) is 9.44. The molecule has 0 aliphatic rings. The highest BCUT2D eigenvalue weighted by molar-refractivity contribution is 5.68. The van der Waals surface area contributed by atoms with Gasteiger partial charge in [0, 0.05) is 6.42 Å². The Labute approximate surface area is 83.5 Å². The highest BCUT2D eigenvalue weighted by Crippen LogP contribution is 2.07. The first-order chi connectivity index (χ1) is 6.81. The van der Waals surface area contributed by atoms with E-state index in [0.29, 0.717) is 0 Å². The molecule has 0 saturated carbocycles. The van der Waals surface area contributed by atoms with E-state index in [1.165, 1.54) is 0 Å². The van der Waals surface area contributed by atoms with Crippen molar-refractivity contribution in [1.29, 1.82) is 0 Å². The zero-order valence-corrected chi connectivity index (χ0v) is 8.24. The quantitative estimate of drug-likeness (QED) is 0.355. The molecule has 0 aliphatic heterocycles. The van der Waals surface area contributed by atoms with E-state index in [-0.39, 0.29) is 13.0 Å². The largest absolute Gasteiger partial charge is 0.342 e. The summed E-state index contributed by atoms with van der Waals surface area (Å²) in [6, 6.07) is 0. The first-order valence-electron chi connectivity index (χ1n) is 4.90. The van der Waals surface area contributed by atoms with Crippen molar-refractivity contribution in [3.8, 4) is 0 Å². The van der Waals surface area contributed by atoms with Crippen LogP contribution in [0.5, 0.6) is 0 Å². The van der Waals surface area contributed by atoms with Crippen molar-refractivity contribution in [3.63, 3.8) is 0 Å². The van der Waals surface area contributed by atoms with Crippen LogP contribution in [0.1, 0.15) is 44.9 Å². The van der Waals surface area contributed by atoms with Crippen molar-refractivity contribution in [2.45, 2.75) is 44.9 Å². The lowest BCUT2D eigenvalue weighted by molar-refractivity contribution is -0.303. The minimum absolute atomic E-state index is 0.264. The van der Waals surface area contributed by atoms with Gasteiger partial charge in [-0.05, 0) is 18.1 Å². The fourth-order valence-electron chi connectivity index (χ4n) is 1.18. The van der Waals surface area contributed by atoms with Gasteiger partial charge >= 0.3 is 5.97 Å². The predicted octanol–water partition coefficient (Wildman–Crippen LogP) is 2.10. The molecule has 0 rings (SSSR count). The van der Waals surface area contributed by atoms with Crippen LogP contribution in [0.2, 0.25) is 0 Å². The normalized spacial score (nSPS) is 10.1. The third-order valence-electron chi connectivity index (χ3n) is 1.96. The minimum atomic E-state index is -0.579. The van der Waals surface area contributed by atoms with Gasteiger partial charge in [0.25, 0.3) is 0 Å². The summed E-state index contributed by atoms with van der Waals surface area (Å²) >= 11 is 0. The lowest BCUT2D eigenvalue weighted by atomic mass is 10.1. The number of hydrogen-bond acceptors (Lipinski definition) is 4. The van der Waals surface area contributed by atoms with E-state index in [2.05, 4.69) is 9.78 Å². The van der Waals surface area contributed by atoms with Crippen LogP contribution in [0, 0.1) is 0 Å². The van der Waals surface area contributed by atoms with Crippen LogP contribution < -0.4 is 0 Å². The Morgan fingerprint density at radius 2 is 1.57 bits per heavy atom. The fraction of sp³-hybridized carbons (Fsp3) is 0.889. The maximum atomic E-state index is 10.5. The molecule has 1 radical (unpaired) electrons. The predicted molar refractivity (Wildman–Crippen MR) is 47.7 cm³/mol. The number of rotatable bonds is 9. The van der Waals surface area contributed by atoms with Gasteiger partial charge in [-0.3, -0.25) is 0 Å². The van der Waals surface area contributed by atoms with E-state index in [4.69, 9.17) is 5.26 Å². The molecule has 83 valence electrons. The number of carbonyl (C=O) groups excluding carboxylic acids is 1. The standard InChI is InChI=1S/C9H17O5/c10-9(14-12)7-5-3-1-2-4-6-8-13-11/h12H,1-8H2. The van der Waals surface area contributed by atoms with Crippen molar-refractivity contribution in [1.82, 2.24) is 0 Å². The SMILES string of the molecule is [O]OCCCCCCCCC(=O)OO. The van der Waals surface area contributed by atoms with Crippen molar-refractivity contribution in [3.05, 3.63) is 0 Å². The highest BCUT2D eigenvalue weighted by atomic mass is 17.1. The summed E-state index contributed by atoms with van der Waals surface area (Å²) in [5.41, 5.74) is 0. The molecule has 0 heterocycles. The molecule has 0 fully saturated rings. The van der Waals surface area contributed by atoms with Gasteiger partial charge in [-0.2, -0.15) is 5.26 Å². The fourth-order valence-corrected chi connectivity index (χ4v) is 1.18. The van der Waals surface area contributed by atoms with E-state index < -0.39 is 5.97 Å². The summed E-state index contributed by atoms with van der Waals surface area (Å²) in [6.45, 7) is 0.275. The number of unbranched alkanes of at least 4 members (excludes halogenated alkanes) is 5. The Morgan fingerprint density at radius 3 is 2.14 bits per heavy atom. The Kier molecular flexibility index (Phi) is 9.95. The Bertz CT molecular complexity index is 137. The van der Waals surface area contributed by atoms with Crippen molar-refractivity contribution in [2.75, 3.05) is 6.61 Å². The van der Waals surface area contributed by atoms with Crippen LogP contribution in [0.3, 0.4) is 0 Å². The van der Waals surface area contributed by atoms with Gasteiger partial charge < -0.3 is 4.89 Å². The molecular weight excluding hydrogens is 188 g/mol. The smallest absolute Gasteiger partial charge is 0.301 e. The van der Waals surface area contributed by atoms with Gasteiger partial charge in [0.05, 0.1) is 6.61 Å². The lowest BCUT2D eigenvalue weighted by Gasteiger charge is -1.99. The second-order valence-electron chi connectivity index (χ2n) is 3.16. The van der Waals surface area contributed by atoms with Crippen LogP contribution in [0.15, 0.2) is 0 Å². The molecule has 0 amide bonds. The average Bonchev–Trinajstić information content (AvgIpc) is 2.21. The first-order valence-corrected chi connectivity index (χ1v) is 4.90. The van der Waals surface area contributed by atoms with Gasteiger partial charge in [-0.25, -0.2) is 9.68 Å². The Balaban J connectivity index is 2.95. The molecule has 1 N–H and O–H groups in total. The topological polar surface area (TPSA) is 75.7 Å². The molecule has 0 atom stereocenters. The van der Waals surface area contributed by atoms with Crippen LogP contribution >= 0.6 is 0 Å². The van der Waals surface area contributed by atoms with Crippen LogP contribution in [-0.4, -0.2) is 17.8 Å². The van der Waals surface area contributed by atoms with Crippen LogP contribution in [-0.2, 0) is 19.8 Å². The molecular formula is C9H17O5. The zero-order chi connectivity index (χ0) is 10.6. The maximum Gasteiger partial charge on any atom is 0.342 e. The number of hydrogen-bond donors (Lipinski definition) is 1. The molecule has 0 saturated heterocycles. The highest BCUT2D eigenvalue weighted by Gasteiger charge is 2.00. The molecule has 5 heteroatoms. The second-order valence-corrected chi connectivity index (χ2v) is 3.16. The summed E-state index contributed by atoms with van der Waals surface area (Å²) in [6.07, 6.45) is 5.77. The van der Waals surface area contributed by atoms with E-state index in [1.54, 1.807) is 0 Å². The molecule has 5 nitrogen and oxygen atoms in total. The molecule has 14 heavy (non-hydrogen) atoms. The number of carbonyl (C=O) groups is 1. The second kappa shape index (κ2) is 10.4. The summed E-state index contributed by atoms with van der Waals surface area (Å²) in [4.78, 5) is 17.7. The Morgan fingerprint density at radius 1 is 1.00 bits per heavy atom. The van der Waals surface area contributed by atoms with Crippen molar-refractivity contribution >= 4 is 5.97 Å². The molecule has 0 spiro atoms. The van der Waals surface area contributed by atoms with Crippen molar-refractivity contribution < 1.29 is 25.1 Å². The lowest BCUT2D eigenvalue weighted by Crippen LogP contribution is -1.99. The monoisotopic (exact) mass is 205 g/mol. The zero-order valence-electron chi connectivity index (χ0n) is 8.24. The van der Waals surface area contributed by atoms with E-state index in [0.717, 1.165) is 38.5 Å². The van der Waals surface area contributed by atoms with Crippen LogP contribution in [0.4, 0.5) is 0 Å². The van der Waals surface area contributed by atoms with Crippen molar-refractivity contribution in [2.24, 2.45) is 0 Å².